The summed E-state index contributed by atoms with van der Waals surface area (Å²) < 4.78 is 0. The fraction of sp³-hybridized carbons (Fsp3) is 0.500. The molecular weight excluding hydrogens is 90.1 g/mol. The largest absolute Gasteiger partial charge is 0.0686 e. The van der Waals surface area contributed by atoms with Gasteiger partial charge >= 0.3 is 0 Å². The van der Waals surface area contributed by atoms with Gasteiger partial charge in [0.1, 0.15) is 0 Å². The Morgan fingerprint density at radius 2 is 2.43 bits per heavy atom. The quantitative estimate of drug-likeness (QED) is 0.271. The van der Waals surface area contributed by atoms with Crippen LogP contribution < -0.4 is 0 Å². The SMILES string of the molecule is [N-]=[N+]=NC=C1CC1. The van der Waals surface area contributed by atoms with E-state index < -0.39 is 0 Å². The first kappa shape index (κ1) is 4.22. The van der Waals surface area contributed by atoms with Crippen LogP contribution in [0.15, 0.2) is 16.9 Å². The Hall–Kier alpha value is -0.950. The molecule has 0 aliphatic heterocycles. The minimum atomic E-state index is 1.12. The van der Waals surface area contributed by atoms with Crippen LogP contribution in [0.2, 0.25) is 0 Å². The lowest BCUT2D eigenvalue weighted by atomic mass is 10.7. The Bertz CT molecular complexity index is 135. The number of nitrogens with zero attached hydrogens (tertiary/aromatic N) is 3. The fourth-order valence-electron chi connectivity index (χ4n) is 0.309. The van der Waals surface area contributed by atoms with E-state index in [1.165, 1.54) is 5.57 Å². The second kappa shape index (κ2) is 1.67. The Labute approximate surface area is 41.3 Å². The van der Waals surface area contributed by atoms with Crippen LogP contribution >= 0.6 is 0 Å². The maximum Gasteiger partial charge on any atom is 0.00475 e. The normalized spacial score (nSPS) is 15.1. The van der Waals surface area contributed by atoms with Gasteiger partial charge in [0.2, 0.25) is 0 Å². The van der Waals surface area contributed by atoms with Crippen LogP contribution in [0.25, 0.3) is 10.4 Å². The van der Waals surface area contributed by atoms with Gasteiger partial charge in [-0.05, 0) is 18.4 Å². The zero-order chi connectivity index (χ0) is 5.11. The lowest BCUT2D eigenvalue weighted by Crippen LogP contribution is -1.37. The van der Waals surface area contributed by atoms with Gasteiger partial charge in [-0.2, -0.15) is 0 Å². The molecule has 1 aliphatic carbocycles. The zero-order valence-electron chi connectivity index (χ0n) is 3.83. The maximum absolute atomic E-state index is 7.76. The molecule has 7 heavy (non-hydrogen) atoms. The molecule has 0 atom stereocenters. The maximum atomic E-state index is 7.76. The van der Waals surface area contributed by atoms with Crippen molar-refractivity contribution in [3.8, 4) is 0 Å². The van der Waals surface area contributed by atoms with Crippen LogP contribution in [0.5, 0.6) is 0 Å². The second-order valence-corrected chi connectivity index (χ2v) is 1.49. The highest BCUT2D eigenvalue weighted by Crippen LogP contribution is 2.27. The Balaban J connectivity index is 2.46. The van der Waals surface area contributed by atoms with Crippen molar-refractivity contribution < 1.29 is 0 Å². The first-order valence-corrected chi connectivity index (χ1v) is 2.15. The third kappa shape index (κ3) is 1.28. The molecule has 1 fully saturated rings. The first-order valence-electron chi connectivity index (χ1n) is 2.15. The van der Waals surface area contributed by atoms with Crippen molar-refractivity contribution in [2.45, 2.75) is 12.8 Å². The highest BCUT2D eigenvalue weighted by molar-refractivity contribution is 5.15. The summed E-state index contributed by atoms with van der Waals surface area (Å²) in [6.45, 7) is 0. The standard InChI is InChI=1S/C4H5N3/c5-7-6-3-4-1-2-4/h3H,1-2H2. The van der Waals surface area contributed by atoms with E-state index in [1.807, 2.05) is 0 Å². The molecule has 0 N–H and O–H groups in total. The summed E-state index contributed by atoms with van der Waals surface area (Å²) in [6.07, 6.45) is 3.83. The number of azide groups is 1. The number of allylic oxidation sites excluding steroid dienone is 1. The van der Waals surface area contributed by atoms with Crippen LogP contribution in [-0.4, -0.2) is 0 Å². The first-order chi connectivity index (χ1) is 3.43. The summed E-state index contributed by atoms with van der Waals surface area (Å²) in [5, 5.41) is 3.25. The molecule has 0 bridgehead atoms. The average Bonchev–Trinajstić information content (AvgIpc) is 2.42. The van der Waals surface area contributed by atoms with E-state index in [2.05, 4.69) is 10.0 Å². The fourth-order valence-corrected chi connectivity index (χ4v) is 0.309. The highest BCUT2D eigenvalue weighted by atomic mass is 15.1. The molecule has 0 unspecified atom stereocenters. The predicted molar refractivity (Wildman–Crippen MR) is 26.5 cm³/mol. The number of rotatable bonds is 1. The van der Waals surface area contributed by atoms with Gasteiger partial charge in [-0.1, -0.05) is 10.7 Å². The van der Waals surface area contributed by atoms with Gasteiger partial charge < -0.3 is 0 Å². The smallest absolute Gasteiger partial charge is 0.00475 e. The molecule has 0 amide bonds. The van der Waals surface area contributed by atoms with E-state index in [0.717, 1.165) is 12.8 Å². The van der Waals surface area contributed by atoms with Crippen LogP contribution in [0.3, 0.4) is 0 Å². The van der Waals surface area contributed by atoms with Crippen LogP contribution in [0.1, 0.15) is 12.8 Å². The lowest BCUT2D eigenvalue weighted by Gasteiger charge is -1.58. The van der Waals surface area contributed by atoms with E-state index in [-0.39, 0.29) is 0 Å². The van der Waals surface area contributed by atoms with Gasteiger partial charge in [0.05, 0.1) is 0 Å². The van der Waals surface area contributed by atoms with E-state index in [4.69, 9.17) is 5.53 Å². The van der Waals surface area contributed by atoms with Crippen molar-refractivity contribution >= 4 is 0 Å². The molecule has 0 aromatic carbocycles. The molecule has 0 spiro atoms. The average molecular weight is 95.1 g/mol. The van der Waals surface area contributed by atoms with E-state index in [0.29, 0.717) is 0 Å². The minimum absolute atomic E-state index is 1.12. The predicted octanol–water partition coefficient (Wildman–Crippen LogP) is 1.97. The van der Waals surface area contributed by atoms with Crippen molar-refractivity contribution in [1.29, 1.82) is 0 Å². The highest BCUT2D eigenvalue weighted by Gasteiger charge is 2.07. The van der Waals surface area contributed by atoms with Crippen LogP contribution in [0.4, 0.5) is 0 Å². The molecule has 1 aliphatic rings. The van der Waals surface area contributed by atoms with Gasteiger partial charge in [-0.25, -0.2) is 0 Å². The van der Waals surface area contributed by atoms with Gasteiger partial charge in [0.15, 0.2) is 0 Å². The van der Waals surface area contributed by atoms with Gasteiger partial charge in [0, 0.05) is 11.1 Å². The van der Waals surface area contributed by atoms with Crippen molar-refractivity contribution in [2.75, 3.05) is 0 Å². The summed E-state index contributed by atoms with van der Waals surface area (Å²) in [5.74, 6) is 0. The topological polar surface area (TPSA) is 48.8 Å². The molecule has 36 valence electrons. The summed E-state index contributed by atoms with van der Waals surface area (Å²) >= 11 is 0. The van der Waals surface area contributed by atoms with Gasteiger partial charge in [-0.15, -0.1) is 0 Å². The third-order valence-corrected chi connectivity index (χ3v) is 0.831. The Morgan fingerprint density at radius 1 is 1.71 bits per heavy atom. The summed E-state index contributed by atoms with van der Waals surface area (Å²) in [4.78, 5) is 2.56. The van der Waals surface area contributed by atoms with E-state index >= 15 is 0 Å². The molecule has 0 saturated heterocycles. The van der Waals surface area contributed by atoms with E-state index in [9.17, 15) is 0 Å². The second-order valence-electron chi connectivity index (χ2n) is 1.49. The monoisotopic (exact) mass is 95.0 g/mol. The molecule has 0 aromatic rings. The van der Waals surface area contributed by atoms with Crippen molar-refractivity contribution in [1.82, 2.24) is 0 Å². The van der Waals surface area contributed by atoms with Crippen molar-refractivity contribution in [3.05, 3.63) is 22.2 Å². The molecule has 0 heterocycles. The minimum Gasteiger partial charge on any atom is -0.0686 e. The van der Waals surface area contributed by atoms with Gasteiger partial charge in [0.25, 0.3) is 0 Å². The van der Waals surface area contributed by atoms with E-state index in [1.54, 1.807) is 6.20 Å². The summed E-state index contributed by atoms with van der Waals surface area (Å²) in [7, 11) is 0. The van der Waals surface area contributed by atoms with Gasteiger partial charge in [-0.3, -0.25) is 0 Å². The molecule has 1 rings (SSSR count). The third-order valence-electron chi connectivity index (χ3n) is 0.831. The van der Waals surface area contributed by atoms with Crippen LogP contribution in [0, 0.1) is 0 Å². The molecule has 3 heteroatoms. The molecule has 1 saturated carbocycles. The summed E-state index contributed by atoms with van der Waals surface area (Å²) in [5.41, 5.74) is 9.02. The zero-order valence-corrected chi connectivity index (χ0v) is 3.83. The molecule has 0 aromatic heterocycles. The molecule has 3 nitrogen and oxygen atoms in total. The Morgan fingerprint density at radius 3 is 2.86 bits per heavy atom. The van der Waals surface area contributed by atoms with Crippen molar-refractivity contribution in [3.63, 3.8) is 0 Å². The molecular formula is C4H5N3. The molecule has 0 radical (unpaired) electrons. The Kier molecular flexibility index (Phi) is 1.00. The number of hydrogen-bond acceptors (Lipinski definition) is 1. The van der Waals surface area contributed by atoms with Crippen LogP contribution in [-0.2, 0) is 0 Å². The van der Waals surface area contributed by atoms with Crippen molar-refractivity contribution in [2.24, 2.45) is 5.11 Å². The summed E-state index contributed by atoms with van der Waals surface area (Å²) in [6, 6.07) is 0. The number of hydrogen-bond donors (Lipinski definition) is 0. The lowest BCUT2D eigenvalue weighted by molar-refractivity contribution is 1.48.